The van der Waals surface area contributed by atoms with Crippen molar-refractivity contribution in [1.29, 1.82) is 0 Å². The van der Waals surface area contributed by atoms with Crippen LogP contribution in [0.15, 0.2) is 97.1 Å². The molecule has 0 saturated heterocycles. The molecule has 2 nitrogen and oxygen atoms in total. The van der Waals surface area contributed by atoms with Crippen LogP contribution in [0.25, 0.3) is 11.1 Å². The van der Waals surface area contributed by atoms with Crippen LogP contribution in [0.4, 0.5) is 0 Å². The van der Waals surface area contributed by atoms with Gasteiger partial charge in [-0.05, 0) is 58.0 Å². The van der Waals surface area contributed by atoms with Crippen molar-refractivity contribution < 1.29 is 10.2 Å². The Hall–Kier alpha value is -3.52. The Bertz CT molecular complexity index is 1050. The molecule has 138 valence electrons. The molecule has 0 heterocycles. The molecule has 4 aromatic rings. The predicted octanol–water partition coefficient (Wildman–Crippen LogP) is 5.95. The van der Waals surface area contributed by atoms with Crippen LogP contribution in [0.5, 0.6) is 11.5 Å². The smallest absolute Gasteiger partial charge is 0.119 e. The van der Waals surface area contributed by atoms with E-state index in [1.807, 2.05) is 30.3 Å². The molecule has 0 saturated carbocycles. The van der Waals surface area contributed by atoms with Crippen molar-refractivity contribution in [3.05, 3.63) is 119 Å². The Kier molecular flexibility index (Phi) is 5.11. The van der Waals surface area contributed by atoms with Gasteiger partial charge in [0.15, 0.2) is 0 Å². The van der Waals surface area contributed by atoms with Gasteiger partial charge in [-0.25, -0.2) is 0 Å². The largest absolute Gasteiger partial charge is 0.508 e. The molecule has 0 aliphatic carbocycles. The zero-order valence-corrected chi connectivity index (χ0v) is 15.5. The van der Waals surface area contributed by atoms with Crippen molar-refractivity contribution >= 4 is 0 Å². The van der Waals surface area contributed by atoms with Crippen molar-refractivity contribution in [3.8, 4) is 22.6 Å². The summed E-state index contributed by atoms with van der Waals surface area (Å²) in [4.78, 5) is 0. The van der Waals surface area contributed by atoms with Crippen molar-refractivity contribution in [1.82, 2.24) is 0 Å². The molecule has 2 heteroatoms. The highest BCUT2D eigenvalue weighted by molar-refractivity contribution is 5.64. The van der Waals surface area contributed by atoms with Crippen LogP contribution in [0.1, 0.15) is 22.3 Å². The first-order valence-electron chi connectivity index (χ1n) is 9.40. The first kappa shape index (κ1) is 17.9. The summed E-state index contributed by atoms with van der Waals surface area (Å²) in [7, 11) is 0. The second kappa shape index (κ2) is 8.01. The maximum Gasteiger partial charge on any atom is 0.119 e. The summed E-state index contributed by atoms with van der Waals surface area (Å²) in [5.74, 6) is 0.640. The zero-order chi connectivity index (χ0) is 19.3. The first-order valence-corrected chi connectivity index (χ1v) is 9.40. The van der Waals surface area contributed by atoms with Gasteiger partial charge in [0, 0.05) is 6.42 Å². The maximum absolute atomic E-state index is 9.94. The number of hydrogen-bond acceptors (Lipinski definition) is 2. The summed E-state index contributed by atoms with van der Waals surface area (Å²) in [6.07, 6.45) is 1.57. The van der Waals surface area contributed by atoms with Gasteiger partial charge in [-0.3, -0.25) is 0 Å². The lowest BCUT2D eigenvalue weighted by atomic mass is 9.98. The summed E-state index contributed by atoms with van der Waals surface area (Å²) >= 11 is 0. The van der Waals surface area contributed by atoms with Gasteiger partial charge in [0.25, 0.3) is 0 Å². The van der Waals surface area contributed by atoms with E-state index in [2.05, 4.69) is 48.5 Å². The molecule has 0 spiro atoms. The van der Waals surface area contributed by atoms with Gasteiger partial charge in [0.05, 0.1) is 0 Å². The molecular formula is C26H22O2. The minimum Gasteiger partial charge on any atom is -0.508 e. The van der Waals surface area contributed by atoms with E-state index in [4.69, 9.17) is 0 Å². The number of benzene rings is 4. The second-order valence-electron chi connectivity index (χ2n) is 7.04. The molecule has 28 heavy (non-hydrogen) atoms. The van der Waals surface area contributed by atoms with E-state index >= 15 is 0 Å². The van der Waals surface area contributed by atoms with Crippen LogP contribution in [0.3, 0.4) is 0 Å². The molecule has 4 rings (SSSR count). The Morgan fingerprint density at radius 1 is 0.464 bits per heavy atom. The highest BCUT2D eigenvalue weighted by Crippen LogP contribution is 2.24. The van der Waals surface area contributed by atoms with E-state index in [9.17, 15) is 10.2 Å². The number of aromatic hydroxyl groups is 2. The molecular weight excluding hydrogens is 344 g/mol. The third-order valence-electron chi connectivity index (χ3n) is 4.97. The third-order valence-corrected chi connectivity index (χ3v) is 4.97. The van der Waals surface area contributed by atoms with Gasteiger partial charge in [-0.1, -0.05) is 78.9 Å². The summed E-state index contributed by atoms with van der Waals surface area (Å²) in [5, 5.41) is 19.3. The van der Waals surface area contributed by atoms with Crippen LogP contribution in [0.2, 0.25) is 0 Å². The minimum atomic E-state index is 0.296. The maximum atomic E-state index is 9.94. The first-order chi connectivity index (χ1) is 13.7. The topological polar surface area (TPSA) is 40.5 Å². The fourth-order valence-electron chi connectivity index (χ4n) is 3.36. The van der Waals surface area contributed by atoms with E-state index in [1.165, 1.54) is 27.8 Å². The van der Waals surface area contributed by atoms with Crippen molar-refractivity contribution in [2.24, 2.45) is 0 Å². The Balaban J connectivity index is 1.45. The molecule has 0 fully saturated rings. The molecule has 0 amide bonds. The van der Waals surface area contributed by atoms with E-state index in [0.717, 1.165) is 18.4 Å². The zero-order valence-electron chi connectivity index (χ0n) is 15.5. The van der Waals surface area contributed by atoms with Gasteiger partial charge in [0.1, 0.15) is 11.5 Å². The van der Waals surface area contributed by atoms with Crippen molar-refractivity contribution in [2.75, 3.05) is 0 Å². The normalized spacial score (nSPS) is 10.7. The molecule has 0 bridgehead atoms. The van der Waals surface area contributed by atoms with Crippen LogP contribution in [-0.2, 0) is 12.8 Å². The van der Waals surface area contributed by atoms with Crippen LogP contribution >= 0.6 is 0 Å². The molecule has 0 aliphatic heterocycles. The summed E-state index contributed by atoms with van der Waals surface area (Å²) < 4.78 is 0. The van der Waals surface area contributed by atoms with Gasteiger partial charge >= 0.3 is 0 Å². The summed E-state index contributed by atoms with van der Waals surface area (Å²) in [6.45, 7) is 0. The van der Waals surface area contributed by atoms with E-state index in [1.54, 1.807) is 18.2 Å². The SMILES string of the molecule is Oc1ccc(Cc2ccc(-c3ccc(Cc4ccccc4O)cc3)cc2)cc1. The summed E-state index contributed by atoms with van der Waals surface area (Å²) in [5.41, 5.74) is 6.90. The highest BCUT2D eigenvalue weighted by atomic mass is 16.3. The number of phenolic OH excluding ortho intramolecular Hbond substituents is 2. The van der Waals surface area contributed by atoms with Gasteiger partial charge in [-0.15, -0.1) is 0 Å². The average molecular weight is 366 g/mol. The number of phenols is 2. The highest BCUT2D eigenvalue weighted by Gasteiger charge is 2.04. The van der Waals surface area contributed by atoms with Gasteiger partial charge in [-0.2, -0.15) is 0 Å². The fraction of sp³-hybridized carbons (Fsp3) is 0.0769. The van der Waals surface area contributed by atoms with Gasteiger partial charge in [0.2, 0.25) is 0 Å². The summed E-state index contributed by atoms with van der Waals surface area (Å²) in [6, 6.07) is 31.9. The minimum absolute atomic E-state index is 0.296. The lowest BCUT2D eigenvalue weighted by Gasteiger charge is -2.08. The standard InChI is InChI=1S/C26H22O2/c27-25-15-9-20(10-16-25)17-19-5-11-22(12-6-19)23-13-7-21(8-14-23)18-24-3-1-2-4-26(24)28/h1-16,27-28H,17-18H2. The molecule has 4 aromatic carbocycles. The monoisotopic (exact) mass is 366 g/mol. The Labute approximate surface area is 165 Å². The second-order valence-corrected chi connectivity index (χ2v) is 7.04. The lowest BCUT2D eigenvalue weighted by Crippen LogP contribution is -1.90. The number of hydrogen-bond donors (Lipinski definition) is 2. The fourth-order valence-corrected chi connectivity index (χ4v) is 3.36. The molecule has 0 radical (unpaired) electrons. The van der Waals surface area contributed by atoms with E-state index < -0.39 is 0 Å². The molecule has 0 aliphatic rings. The Morgan fingerprint density at radius 3 is 1.46 bits per heavy atom. The molecule has 0 unspecified atom stereocenters. The number of rotatable bonds is 5. The van der Waals surface area contributed by atoms with Crippen LogP contribution < -0.4 is 0 Å². The number of para-hydroxylation sites is 1. The van der Waals surface area contributed by atoms with Crippen molar-refractivity contribution in [3.63, 3.8) is 0 Å². The molecule has 2 N–H and O–H groups in total. The van der Waals surface area contributed by atoms with Gasteiger partial charge < -0.3 is 10.2 Å². The quantitative estimate of drug-likeness (QED) is 0.458. The third kappa shape index (κ3) is 4.24. The van der Waals surface area contributed by atoms with E-state index in [-0.39, 0.29) is 0 Å². The average Bonchev–Trinajstić information content (AvgIpc) is 2.73. The van der Waals surface area contributed by atoms with Crippen molar-refractivity contribution in [2.45, 2.75) is 12.8 Å². The van der Waals surface area contributed by atoms with Crippen LogP contribution in [-0.4, -0.2) is 10.2 Å². The molecule has 0 aromatic heterocycles. The lowest BCUT2D eigenvalue weighted by molar-refractivity contribution is 0.469. The molecule has 0 atom stereocenters. The Morgan fingerprint density at radius 2 is 0.929 bits per heavy atom. The predicted molar refractivity (Wildman–Crippen MR) is 114 cm³/mol. The van der Waals surface area contributed by atoms with Crippen LogP contribution in [0, 0.1) is 0 Å². The van der Waals surface area contributed by atoms with E-state index in [0.29, 0.717) is 11.5 Å².